The topological polar surface area (TPSA) is 108 Å². The first-order valence-electron chi connectivity index (χ1n) is 19.9. The van der Waals surface area contributed by atoms with Crippen LogP contribution in [-0.4, -0.2) is 74.9 Å². The van der Waals surface area contributed by atoms with Crippen LogP contribution < -0.4 is 0 Å². The lowest BCUT2D eigenvalue weighted by molar-refractivity contribution is -0.870. The molecule has 1 N–H and O–H groups in total. The van der Waals surface area contributed by atoms with E-state index in [0.717, 1.165) is 44.9 Å². The Labute approximate surface area is 301 Å². The summed E-state index contributed by atoms with van der Waals surface area (Å²) in [5, 5.41) is 0. The second kappa shape index (κ2) is 32.6. The zero-order chi connectivity index (χ0) is 36.5. The summed E-state index contributed by atoms with van der Waals surface area (Å²) in [6, 6.07) is 0. The number of carbonyl (C=O) groups excluding carboxylic acids is 2. The summed E-state index contributed by atoms with van der Waals surface area (Å²) in [6.07, 6.45) is 31.2. The zero-order valence-electron chi connectivity index (χ0n) is 32.4. The second-order valence-electron chi connectivity index (χ2n) is 14.7. The van der Waals surface area contributed by atoms with Gasteiger partial charge < -0.3 is 18.9 Å². The molecule has 0 spiro atoms. The fraction of sp³-hybridized carbons (Fsp3) is 0.897. The number of likely N-dealkylation sites (N-methyl/N-ethyl adjacent to an activating group) is 1. The van der Waals surface area contributed by atoms with Crippen molar-refractivity contribution < 1.29 is 42.1 Å². The number of phosphoric ester groups is 1. The Morgan fingerprint density at radius 2 is 1.04 bits per heavy atom. The van der Waals surface area contributed by atoms with Gasteiger partial charge in [-0.05, 0) is 38.5 Å². The summed E-state index contributed by atoms with van der Waals surface area (Å²) < 4.78 is 34.1. The molecular formula is C39H77NO8P+. The zero-order valence-corrected chi connectivity index (χ0v) is 33.3. The van der Waals surface area contributed by atoms with Crippen molar-refractivity contribution in [3.8, 4) is 0 Å². The van der Waals surface area contributed by atoms with Crippen molar-refractivity contribution in [1.29, 1.82) is 0 Å². The molecule has 0 radical (unpaired) electrons. The molecule has 9 nitrogen and oxygen atoms in total. The highest BCUT2D eigenvalue weighted by atomic mass is 31.2. The van der Waals surface area contributed by atoms with Crippen LogP contribution in [0.4, 0.5) is 0 Å². The Hall–Kier alpha value is -1.25. The largest absolute Gasteiger partial charge is 0.472 e. The average molecular weight is 719 g/mol. The number of phosphoric acid groups is 1. The van der Waals surface area contributed by atoms with Crippen LogP contribution in [0.1, 0.15) is 174 Å². The van der Waals surface area contributed by atoms with E-state index >= 15 is 0 Å². The quantitative estimate of drug-likeness (QED) is 0.0224. The fourth-order valence-electron chi connectivity index (χ4n) is 5.36. The minimum Gasteiger partial charge on any atom is -0.462 e. The third-order valence-electron chi connectivity index (χ3n) is 8.55. The predicted molar refractivity (Wildman–Crippen MR) is 201 cm³/mol. The van der Waals surface area contributed by atoms with E-state index in [1.807, 2.05) is 21.1 Å². The highest BCUT2D eigenvalue weighted by molar-refractivity contribution is 7.47. The van der Waals surface area contributed by atoms with Crippen molar-refractivity contribution in [1.82, 2.24) is 0 Å². The SMILES string of the molecule is CCCCCCCCCC/C=C/CCCCCC(=O)O[C@H](COC(=O)CCCCCCCCCCCC)COP(=O)(O)OCC[N+](C)(C)C. The summed E-state index contributed by atoms with van der Waals surface area (Å²) in [4.78, 5) is 35.1. The molecule has 0 bridgehead atoms. The molecular weight excluding hydrogens is 641 g/mol. The number of nitrogens with zero attached hydrogens (tertiary/aromatic N) is 1. The van der Waals surface area contributed by atoms with Crippen molar-refractivity contribution in [3.63, 3.8) is 0 Å². The predicted octanol–water partition coefficient (Wildman–Crippen LogP) is 10.6. The van der Waals surface area contributed by atoms with Gasteiger partial charge in [-0.3, -0.25) is 18.6 Å². The molecule has 0 heterocycles. The van der Waals surface area contributed by atoms with Crippen LogP contribution in [0.2, 0.25) is 0 Å². The molecule has 0 aliphatic heterocycles. The lowest BCUT2D eigenvalue weighted by Crippen LogP contribution is -2.37. The van der Waals surface area contributed by atoms with Gasteiger partial charge in [0.2, 0.25) is 0 Å². The Kier molecular flexibility index (Phi) is 31.8. The van der Waals surface area contributed by atoms with Crippen LogP contribution >= 0.6 is 7.82 Å². The van der Waals surface area contributed by atoms with E-state index in [1.165, 1.54) is 96.3 Å². The molecule has 0 saturated carbocycles. The lowest BCUT2D eigenvalue weighted by Gasteiger charge is -2.24. The molecule has 0 rings (SSSR count). The average Bonchev–Trinajstić information content (AvgIpc) is 3.04. The molecule has 0 amide bonds. The van der Waals surface area contributed by atoms with Crippen LogP contribution in [0.15, 0.2) is 12.2 Å². The maximum Gasteiger partial charge on any atom is 0.472 e. The number of allylic oxidation sites excluding steroid dienone is 2. The van der Waals surface area contributed by atoms with E-state index in [0.29, 0.717) is 17.4 Å². The number of esters is 2. The van der Waals surface area contributed by atoms with E-state index < -0.39 is 26.5 Å². The van der Waals surface area contributed by atoms with E-state index in [9.17, 15) is 19.0 Å². The third kappa shape index (κ3) is 36.3. The fourth-order valence-corrected chi connectivity index (χ4v) is 6.10. The number of quaternary nitrogens is 1. The minimum atomic E-state index is -4.36. The molecule has 0 fully saturated rings. The van der Waals surface area contributed by atoms with Gasteiger partial charge in [0, 0.05) is 12.8 Å². The Morgan fingerprint density at radius 3 is 1.53 bits per heavy atom. The molecule has 0 aromatic heterocycles. The van der Waals surface area contributed by atoms with Gasteiger partial charge in [0.05, 0.1) is 27.7 Å². The molecule has 0 aromatic carbocycles. The summed E-state index contributed by atoms with van der Waals surface area (Å²) in [5.41, 5.74) is 0. The second-order valence-corrected chi connectivity index (χ2v) is 16.1. The van der Waals surface area contributed by atoms with Gasteiger partial charge >= 0.3 is 19.8 Å². The molecule has 10 heteroatoms. The maximum atomic E-state index is 12.6. The van der Waals surface area contributed by atoms with Crippen molar-refractivity contribution >= 4 is 19.8 Å². The molecule has 2 atom stereocenters. The van der Waals surface area contributed by atoms with Crippen LogP contribution in [0.25, 0.3) is 0 Å². The first kappa shape index (κ1) is 47.8. The van der Waals surface area contributed by atoms with E-state index in [1.54, 1.807) is 0 Å². The smallest absolute Gasteiger partial charge is 0.462 e. The number of carbonyl (C=O) groups is 2. The maximum absolute atomic E-state index is 12.6. The number of hydrogen-bond acceptors (Lipinski definition) is 7. The van der Waals surface area contributed by atoms with E-state index in [2.05, 4.69) is 26.0 Å². The van der Waals surface area contributed by atoms with Gasteiger partial charge in [0.25, 0.3) is 0 Å². The van der Waals surface area contributed by atoms with Crippen LogP contribution in [0.3, 0.4) is 0 Å². The highest BCUT2D eigenvalue weighted by Crippen LogP contribution is 2.43. The summed E-state index contributed by atoms with van der Waals surface area (Å²) in [5.74, 6) is -0.814. The van der Waals surface area contributed by atoms with Gasteiger partial charge in [-0.2, -0.15) is 0 Å². The molecule has 0 aromatic rings. The van der Waals surface area contributed by atoms with Crippen molar-refractivity contribution in [2.24, 2.45) is 0 Å². The van der Waals surface area contributed by atoms with Gasteiger partial charge in [0.1, 0.15) is 19.8 Å². The van der Waals surface area contributed by atoms with Gasteiger partial charge in [0.15, 0.2) is 6.10 Å². The first-order chi connectivity index (χ1) is 23.5. The normalized spacial score (nSPS) is 13.8. The number of rotatable bonds is 36. The first-order valence-corrected chi connectivity index (χ1v) is 21.4. The van der Waals surface area contributed by atoms with E-state index in [4.69, 9.17) is 18.5 Å². The van der Waals surface area contributed by atoms with Crippen molar-refractivity contribution in [2.75, 3.05) is 47.5 Å². The van der Waals surface area contributed by atoms with Gasteiger partial charge in [-0.1, -0.05) is 135 Å². The van der Waals surface area contributed by atoms with Crippen LogP contribution in [0, 0.1) is 0 Å². The van der Waals surface area contributed by atoms with Crippen molar-refractivity contribution in [3.05, 3.63) is 12.2 Å². The van der Waals surface area contributed by atoms with E-state index in [-0.39, 0.29) is 32.0 Å². The molecule has 290 valence electrons. The highest BCUT2D eigenvalue weighted by Gasteiger charge is 2.27. The molecule has 0 aliphatic rings. The summed E-state index contributed by atoms with van der Waals surface area (Å²) in [6.45, 7) is 4.39. The lowest BCUT2D eigenvalue weighted by atomic mass is 10.1. The summed E-state index contributed by atoms with van der Waals surface area (Å²) >= 11 is 0. The Morgan fingerprint density at radius 1 is 0.612 bits per heavy atom. The van der Waals surface area contributed by atoms with Gasteiger partial charge in [-0.15, -0.1) is 0 Å². The Balaban J connectivity index is 4.42. The number of ether oxygens (including phenoxy) is 2. The van der Waals surface area contributed by atoms with Crippen molar-refractivity contribution in [2.45, 2.75) is 180 Å². The summed E-state index contributed by atoms with van der Waals surface area (Å²) in [7, 11) is 1.47. The molecule has 49 heavy (non-hydrogen) atoms. The monoisotopic (exact) mass is 719 g/mol. The van der Waals surface area contributed by atoms with Gasteiger partial charge in [-0.25, -0.2) is 4.57 Å². The standard InChI is InChI=1S/C39H76NO8P/c1-6-8-10-12-14-16-18-19-20-21-22-24-26-28-30-32-39(42)48-37(36-47-49(43,44)46-34-33-40(3,4)5)35-45-38(41)31-29-27-25-23-17-15-13-11-9-7-2/h21-22,37H,6-20,23-36H2,1-5H3/p+1/b22-21+/t37-/m1/s1. The van der Waals surface area contributed by atoms with Crippen LogP contribution in [0.5, 0.6) is 0 Å². The molecule has 0 aliphatic carbocycles. The van der Waals surface area contributed by atoms with Crippen LogP contribution in [-0.2, 0) is 32.7 Å². The minimum absolute atomic E-state index is 0.0317. The molecule has 0 saturated heterocycles. The third-order valence-corrected chi connectivity index (χ3v) is 9.53. The number of unbranched alkanes of at least 4 members (excludes halogenated alkanes) is 20. The Bertz CT molecular complexity index is 860. The molecule has 1 unspecified atom stereocenters. The number of hydrogen-bond donors (Lipinski definition) is 1.